The third kappa shape index (κ3) is 5.87. The molecule has 0 radical (unpaired) electrons. The maximum absolute atomic E-state index is 12.4. The first-order chi connectivity index (χ1) is 14.2. The summed E-state index contributed by atoms with van der Waals surface area (Å²) in [7, 11) is 1.62. The molecule has 0 saturated heterocycles. The van der Waals surface area contributed by atoms with Crippen LogP contribution in [-0.4, -0.2) is 35.4 Å². The molecule has 0 aliphatic carbocycles. The molecule has 29 heavy (non-hydrogen) atoms. The molecule has 0 fully saturated rings. The summed E-state index contributed by atoms with van der Waals surface area (Å²) in [6.07, 6.45) is 3.79. The normalized spacial score (nSPS) is 10.2. The number of carbonyl (C=O) groups excluding carboxylic acids is 2. The monoisotopic (exact) mass is 390 g/mol. The first-order valence-corrected chi connectivity index (χ1v) is 9.21. The van der Waals surface area contributed by atoms with Gasteiger partial charge in [0.25, 0.3) is 11.8 Å². The second-order valence-corrected chi connectivity index (χ2v) is 6.29. The number of benzene rings is 1. The minimum absolute atomic E-state index is 0.182. The fourth-order valence-corrected chi connectivity index (χ4v) is 2.71. The lowest BCUT2D eigenvalue weighted by molar-refractivity contribution is 0.0945. The van der Waals surface area contributed by atoms with Crippen LogP contribution in [0, 0.1) is 0 Å². The molecule has 0 atom stereocenters. The molecular formula is C22H22N4O3. The highest BCUT2D eigenvalue weighted by atomic mass is 16.5. The highest BCUT2D eigenvalue weighted by Gasteiger charge is 2.12. The largest absolute Gasteiger partial charge is 0.497 e. The first-order valence-electron chi connectivity index (χ1n) is 9.21. The fourth-order valence-electron chi connectivity index (χ4n) is 2.71. The molecule has 0 saturated carbocycles. The number of hydrogen-bond donors (Lipinski definition) is 2. The molecule has 0 bridgehead atoms. The Bertz CT molecular complexity index is 977. The van der Waals surface area contributed by atoms with E-state index >= 15 is 0 Å². The van der Waals surface area contributed by atoms with Crippen LogP contribution in [-0.2, 0) is 13.0 Å². The zero-order chi connectivity index (χ0) is 20.5. The molecule has 0 spiro atoms. The summed E-state index contributed by atoms with van der Waals surface area (Å²) in [4.78, 5) is 32.9. The van der Waals surface area contributed by atoms with Crippen molar-refractivity contribution in [1.29, 1.82) is 0 Å². The molecule has 3 rings (SSSR count). The van der Waals surface area contributed by atoms with E-state index in [1.54, 1.807) is 19.4 Å². The van der Waals surface area contributed by atoms with E-state index in [1.165, 1.54) is 12.3 Å². The molecule has 0 aliphatic heterocycles. The van der Waals surface area contributed by atoms with Gasteiger partial charge in [0, 0.05) is 24.5 Å². The maximum atomic E-state index is 12.4. The lowest BCUT2D eigenvalue weighted by atomic mass is 10.1. The molecule has 0 unspecified atom stereocenters. The summed E-state index contributed by atoms with van der Waals surface area (Å²) in [5.74, 6) is 0.167. The molecule has 2 amide bonds. The van der Waals surface area contributed by atoms with Gasteiger partial charge in [-0.05, 0) is 48.4 Å². The van der Waals surface area contributed by atoms with Gasteiger partial charge in [-0.1, -0.05) is 18.2 Å². The molecule has 2 heterocycles. The van der Waals surface area contributed by atoms with Crippen LogP contribution in [0.4, 0.5) is 0 Å². The fraction of sp³-hybridized carbons (Fsp3) is 0.182. The van der Waals surface area contributed by atoms with Crippen LogP contribution < -0.4 is 15.4 Å². The van der Waals surface area contributed by atoms with E-state index in [0.717, 1.165) is 17.0 Å². The van der Waals surface area contributed by atoms with Gasteiger partial charge in [0.05, 0.1) is 19.3 Å². The van der Waals surface area contributed by atoms with Crippen molar-refractivity contribution in [2.45, 2.75) is 13.0 Å². The Balaban J connectivity index is 1.53. The van der Waals surface area contributed by atoms with Gasteiger partial charge in [-0.15, -0.1) is 0 Å². The Hall–Kier alpha value is -3.74. The van der Waals surface area contributed by atoms with Gasteiger partial charge in [0.1, 0.15) is 11.4 Å². The average Bonchev–Trinajstić information content (AvgIpc) is 2.78. The molecule has 2 N–H and O–H groups in total. The third-order valence-electron chi connectivity index (χ3n) is 4.24. The Labute approximate surface area is 169 Å². The summed E-state index contributed by atoms with van der Waals surface area (Å²) in [5.41, 5.74) is 2.37. The summed E-state index contributed by atoms with van der Waals surface area (Å²) < 4.78 is 5.20. The Morgan fingerprint density at radius 2 is 1.83 bits per heavy atom. The van der Waals surface area contributed by atoms with Crippen LogP contribution >= 0.6 is 0 Å². The van der Waals surface area contributed by atoms with Crippen LogP contribution in [0.15, 0.2) is 67.0 Å². The van der Waals surface area contributed by atoms with Crippen molar-refractivity contribution in [2.75, 3.05) is 13.7 Å². The Morgan fingerprint density at radius 3 is 2.62 bits per heavy atom. The van der Waals surface area contributed by atoms with Crippen molar-refractivity contribution in [2.24, 2.45) is 0 Å². The van der Waals surface area contributed by atoms with Gasteiger partial charge in [-0.25, -0.2) is 0 Å². The summed E-state index contributed by atoms with van der Waals surface area (Å²) in [6, 6.07) is 16.2. The number of carbonyl (C=O) groups is 2. The lowest BCUT2D eigenvalue weighted by Crippen LogP contribution is -2.27. The van der Waals surface area contributed by atoms with Crippen LogP contribution in [0.3, 0.4) is 0 Å². The maximum Gasteiger partial charge on any atom is 0.270 e. The number of nitrogens with one attached hydrogen (secondary N) is 2. The van der Waals surface area contributed by atoms with Crippen molar-refractivity contribution in [3.8, 4) is 5.75 Å². The van der Waals surface area contributed by atoms with E-state index in [2.05, 4.69) is 20.6 Å². The second-order valence-electron chi connectivity index (χ2n) is 6.29. The number of pyridine rings is 2. The van der Waals surface area contributed by atoms with E-state index in [-0.39, 0.29) is 24.1 Å². The van der Waals surface area contributed by atoms with E-state index in [4.69, 9.17) is 4.74 Å². The predicted octanol–water partition coefficient (Wildman–Crippen LogP) is 2.39. The van der Waals surface area contributed by atoms with Gasteiger partial charge >= 0.3 is 0 Å². The van der Waals surface area contributed by atoms with Gasteiger partial charge < -0.3 is 15.4 Å². The molecule has 1 aromatic carbocycles. The minimum Gasteiger partial charge on any atom is -0.497 e. The van der Waals surface area contributed by atoms with Gasteiger partial charge in [-0.3, -0.25) is 19.6 Å². The standard InChI is InChI=1S/C22H22N4O3/c1-29-19-7-4-5-16(13-19)8-11-25-21(27)17-9-12-24-20(14-17)22(28)26-15-18-6-2-3-10-23-18/h2-7,9-10,12-14H,8,11,15H2,1H3,(H,25,27)(H,26,28). The van der Waals surface area contributed by atoms with Crippen molar-refractivity contribution in [1.82, 2.24) is 20.6 Å². The topological polar surface area (TPSA) is 93.2 Å². The number of hydrogen-bond acceptors (Lipinski definition) is 5. The quantitative estimate of drug-likeness (QED) is 0.616. The van der Waals surface area contributed by atoms with Gasteiger partial charge in [0.15, 0.2) is 0 Å². The zero-order valence-electron chi connectivity index (χ0n) is 16.1. The zero-order valence-corrected chi connectivity index (χ0v) is 16.1. The van der Waals surface area contributed by atoms with E-state index in [1.807, 2.05) is 42.5 Å². The van der Waals surface area contributed by atoms with Crippen molar-refractivity contribution in [3.63, 3.8) is 0 Å². The van der Waals surface area contributed by atoms with Crippen LogP contribution in [0.2, 0.25) is 0 Å². The van der Waals surface area contributed by atoms with Crippen molar-refractivity contribution in [3.05, 3.63) is 89.5 Å². The van der Waals surface area contributed by atoms with Gasteiger partial charge in [-0.2, -0.15) is 0 Å². The summed E-state index contributed by atoms with van der Waals surface area (Å²) >= 11 is 0. The van der Waals surface area contributed by atoms with E-state index < -0.39 is 0 Å². The summed E-state index contributed by atoms with van der Waals surface area (Å²) in [5, 5.41) is 5.61. The number of aromatic nitrogens is 2. The van der Waals surface area contributed by atoms with E-state index in [0.29, 0.717) is 18.5 Å². The van der Waals surface area contributed by atoms with Gasteiger partial charge in [0.2, 0.25) is 0 Å². The molecule has 2 aromatic heterocycles. The SMILES string of the molecule is COc1cccc(CCNC(=O)c2ccnc(C(=O)NCc3ccccn3)c2)c1. The molecule has 3 aromatic rings. The third-order valence-corrected chi connectivity index (χ3v) is 4.24. The summed E-state index contributed by atoms with van der Waals surface area (Å²) in [6.45, 7) is 0.758. The molecular weight excluding hydrogens is 368 g/mol. The Morgan fingerprint density at radius 1 is 0.931 bits per heavy atom. The molecule has 148 valence electrons. The van der Waals surface area contributed by atoms with Crippen molar-refractivity contribution >= 4 is 11.8 Å². The molecule has 7 heteroatoms. The van der Waals surface area contributed by atoms with Crippen LogP contribution in [0.1, 0.15) is 32.1 Å². The predicted molar refractivity (Wildman–Crippen MR) is 109 cm³/mol. The smallest absolute Gasteiger partial charge is 0.270 e. The van der Waals surface area contributed by atoms with Crippen molar-refractivity contribution < 1.29 is 14.3 Å². The number of nitrogens with zero attached hydrogens (tertiary/aromatic N) is 2. The number of rotatable bonds is 8. The van der Waals surface area contributed by atoms with Crippen LogP contribution in [0.25, 0.3) is 0 Å². The average molecular weight is 390 g/mol. The lowest BCUT2D eigenvalue weighted by Gasteiger charge is -2.08. The van der Waals surface area contributed by atoms with Crippen LogP contribution in [0.5, 0.6) is 5.75 Å². The number of methoxy groups -OCH3 is 1. The highest BCUT2D eigenvalue weighted by Crippen LogP contribution is 2.12. The Kier molecular flexibility index (Phi) is 6.89. The highest BCUT2D eigenvalue weighted by molar-refractivity contribution is 5.98. The number of amides is 2. The molecule has 0 aliphatic rings. The first kappa shape index (κ1) is 20.0. The minimum atomic E-state index is -0.360. The van der Waals surface area contributed by atoms with E-state index in [9.17, 15) is 9.59 Å². The second kappa shape index (κ2) is 9.98. The molecule has 7 nitrogen and oxygen atoms in total. The number of ether oxygens (including phenoxy) is 1.